The largest absolute Gasteiger partial charge is 0.355 e. The quantitative estimate of drug-likeness (QED) is 0.612. The fourth-order valence-corrected chi connectivity index (χ4v) is 1.72. The van der Waals surface area contributed by atoms with Crippen molar-refractivity contribution < 1.29 is 14.4 Å². The van der Waals surface area contributed by atoms with Crippen molar-refractivity contribution in [1.82, 2.24) is 25.7 Å². The first-order valence-electron chi connectivity index (χ1n) is 6.84. The van der Waals surface area contributed by atoms with E-state index in [1.165, 1.54) is 0 Å². The van der Waals surface area contributed by atoms with Crippen LogP contribution >= 0.6 is 0 Å². The first-order valence-corrected chi connectivity index (χ1v) is 6.84. The summed E-state index contributed by atoms with van der Waals surface area (Å²) in [5.41, 5.74) is 1.15. The van der Waals surface area contributed by atoms with Crippen molar-refractivity contribution in [2.75, 3.05) is 19.6 Å². The Labute approximate surface area is 123 Å². The summed E-state index contributed by atoms with van der Waals surface area (Å²) < 4.78 is 1.57. The van der Waals surface area contributed by atoms with Crippen LogP contribution in [0.2, 0.25) is 0 Å². The zero-order valence-electron chi connectivity index (χ0n) is 12.5. The Morgan fingerprint density at radius 2 is 1.71 bits per heavy atom. The second kappa shape index (κ2) is 8.03. The van der Waals surface area contributed by atoms with Gasteiger partial charge < -0.3 is 16.0 Å². The summed E-state index contributed by atoms with van der Waals surface area (Å²) in [5.74, 6) is -1.06. The summed E-state index contributed by atoms with van der Waals surface area (Å²) in [5, 5.41) is 11.6. The topological polar surface area (TPSA) is 105 Å². The van der Waals surface area contributed by atoms with Crippen LogP contribution in [0, 0.1) is 6.92 Å². The van der Waals surface area contributed by atoms with Crippen LogP contribution in [0.25, 0.3) is 0 Å². The van der Waals surface area contributed by atoms with Crippen molar-refractivity contribution in [3.05, 3.63) is 17.5 Å². The van der Waals surface area contributed by atoms with Crippen LogP contribution in [0.15, 0.2) is 6.07 Å². The van der Waals surface area contributed by atoms with E-state index < -0.39 is 5.91 Å². The van der Waals surface area contributed by atoms with E-state index in [1.807, 2.05) is 6.92 Å². The van der Waals surface area contributed by atoms with E-state index in [2.05, 4.69) is 21.0 Å². The first-order chi connectivity index (χ1) is 9.97. The molecule has 0 spiro atoms. The molecule has 0 aliphatic rings. The maximum Gasteiger partial charge on any atom is 0.269 e. The minimum Gasteiger partial charge on any atom is -0.355 e. The van der Waals surface area contributed by atoms with Gasteiger partial charge in [-0.15, -0.1) is 0 Å². The minimum atomic E-state index is -0.422. The van der Waals surface area contributed by atoms with Crippen molar-refractivity contribution in [3.8, 4) is 0 Å². The van der Waals surface area contributed by atoms with Gasteiger partial charge in [0, 0.05) is 13.1 Å². The maximum absolute atomic E-state index is 12.0. The Kier molecular flexibility index (Phi) is 6.38. The molecule has 0 aliphatic carbocycles. The van der Waals surface area contributed by atoms with Gasteiger partial charge in [0.05, 0.1) is 18.8 Å². The highest BCUT2D eigenvalue weighted by molar-refractivity contribution is 5.95. The number of carbonyl (C=O) groups excluding carboxylic acids is 3. The van der Waals surface area contributed by atoms with Crippen LogP contribution in [-0.4, -0.2) is 47.1 Å². The molecule has 21 heavy (non-hydrogen) atoms. The molecule has 0 radical (unpaired) electrons. The third-order valence-corrected chi connectivity index (χ3v) is 2.66. The summed E-state index contributed by atoms with van der Waals surface area (Å²) in [6, 6.07) is 1.66. The Balaban J connectivity index is 2.42. The Morgan fingerprint density at radius 3 is 2.33 bits per heavy atom. The normalized spacial score (nSPS) is 10.0. The molecule has 116 valence electrons. The molecule has 0 saturated carbocycles. The second-order valence-electron chi connectivity index (χ2n) is 4.40. The predicted octanol–water partition coefficient (Wildman–Crippen LogP) is -0.806. The third-order valence-electron chi connectivity index (χ3n) is 2.66. The molecule has 0 aliphatic heterocycles. The lowest BCUT2D eigenvalue weighted by Gasteiger charge is -2.07. The Bertz CT molecular complexity index is 524. The summed E-state index contributed by atoms with van der Waals surface area (Å²) in [6.45, 7) is 6.25. The number of carbonyl (C=O) groups is 3. The van der Waals surface area contributed by atoms with Gasteiger partial charge in [-0.1, -0.05) is 0 Å². The standard InChI is InChI=1S/C13H21N5O3/c1-4-14-11(19)7-15-12(20)8-16-13(21)10-6-9(3)17-18(10)5-2/h6H,4-5,7-8H2,1-3H3,(H,14,19)(H,15,20)(H,16,21). The molecular formula is C13H21N5O3. The van der Waals surface area contributed by atoms with Gasteiger partial charge >= 0.3 is 0 Å². The average molecular weight is 295 g/mol. The van der Waals surface area contributed by atoms with Crippen molar-refractivity contribution in [2.45, 2.75) is 27.3 Å². The Hall–Kier alpha value is -2.38. The first kappa shape index (κ1) is 16.7. The molecule has 8 nitrogen and oxygen atoms in total. The van der Waals surface area contributed by atoms with E-state index in [0.29, 0.717) is 18.8 Å². The van der Waals surface area contributed by atoms with Gasteiger partial charge in [0.2, 0.25) is 11.8 Å². The van der Waals surface area contributed by atoms with E-state index in [0.717, 1.165) is 5.69 Å². The van der Waals surface area contributed by atoms with Crippen LogP contribution < -0.4 is 16.0 Å². The number of hydrogen-bond acceptors (Lipinski definition) is 4. The molecule has 3 amide bonds. The molecule has 1 heterocycles. The van der Waals surface area contributed by atoms with Gasteiger partial charge in [0.15, 0.2) is 0 Å². The van der Waals surface area contributed by atoms with Gasteiger partial charge in [0.25, 0.3) is 5.91 Å². The molecule has 1 aromatic rings. The van der Waals surface area contributed by atoms with E-state index in [9.17, 15) is 14.4 Å². The van der Waals surface area contributed by atoms with Gasteiger partial charge in [-0.2, -0.15) is 5.10 Å². The summed E-state index contributed by atoms with van der Waals surface area (Å²) in [7, 11) is 0. The fraction of sp³-hybridized carbons (Fsp3) is 0.538. The highest BCUT2D eigenvalue weighted by Gasteiger charge is 2.14. The second-order valence-corrected chi connectivity index (χ2v) is 4.40. The zero-order valence-corrected chi connectivity index (χ0v) is 12.5. The number of aryl methyl sites for hydroxylation is 2. The lowest BCUT2D eigenvalue weighted by atomic mass is 10.3. The van der Waals surface area contributed by atoms with Crippen LogP contribution in [0.3, 0.4) is 0 Å². The van der Waals surface area contributed by atoms with E-state index in [1.54, 1.807) is 24.6 Å². The van der Waals surface area contributed by atoms with E-state index in [4.69, 9.17) is 0 Å². The van der Waals surface area contributed by atoms with Crippen LogP contribution in [0.4, 0.5) is 0 Å². The van der Waals surface area contributed by atoms with Crippen LogP contribution in [-0.2, 0) is 16.1 Å². The van der Waals surface area contributed by atoms with Gasteiger partial charge in [-0.25, -0.2) is 0 Å². The van der Waals surface area contributed by atoms with Crippen LogP contribution in [0.5, 0.6) is 0 Å². The number of amides is 3. The van der Waals surface area contributed by atoms with E-state index in [-0.39, 0.29) is 24.9 Å². The molecule has 1 aromatic heterocycles. The lowest BCUT2D eigenvalue weighted by molar-refractivity contribution is -0.125. The SMILES string of the molecule is CCNC(=O)CNC(=O)CNC(=O)c1cc(C)nn1CC. The molecule has 0 saturated heterocycles. The van der Waals surface area contributed by atoms with E-state index >= 15 is 0 Å². The van der Waals surface area contributed by atoms with Gasteiger partial charge in [0.1, 0.15) is 5.69 Å². The van der Waals surface area contributed by atoms with Gasteiger partial charge in [-0.3, -0.25) is 19.1 Å². The summed E-state index contributed by atoms with van der Waals surface area (Å²) in [4.78, 5) is 34.6. The van der Waals surface area contributed by atoms with Crippen molar-refractivity contribution in [3.63, 3.8) is 0 Å². The summed E-state index contributed by atoms with van der Waals surface area (Å²) in [6.07, 6.45) is 0. The molecule has 0 unspecified atom stereocenters. The number of nitrogens with one attached hydrogen (secondary N) is 3. The molecule has 3 N–H and O–H groups in total. The highest BCUT2D eigenvalue weighted by Crippen LogP contribution is 2.03. The smallest absolute Gasteiger partial charge is 0.269 e. The zero-order chi connectivity index (χ0) is 15.8. The number of nitrogens with zero attached hydrogens (tertiary/aromatic N) is 2. The maximum atomic E-state index is 12.0. The molecule has 1 rings (SSSR count). The molecule has 8 heteroatoms. The van der Waals surface area contributed by atoms with Crippen LogP contribution in [0.1, 0.15) is 30.0 Å². The lowest BCUT2D eigenvalue weighted by Crippen LogP contribution is -2.42. The van der Waals surface area contributed by atoms with Crippen molar-refractivity contribution in [2.24, 2.45) is 0 Å². The molecular weight excluding hydrogens is 274 g/mol. The highest BCUT2D eigenvalue weighted by atomic mass is 16.2. The monoisotopic (exact) mass is 295 g/mol. The van der Waals surface area contributed by atoms with Crippen molar-refractivity contribution in [1.29, 1.82) is 0 Å². The number of rotatable bonds is 7. The fourth-order valence-electron chi connectivity index (χ4n) is 1.72. The summed E-state index contributed by atoms with van der Waals surface area (Å²) >= 11 is 0. The molecule has 0 bridgehead atoms. The Morgan fingerprint density at radius 1 is 1.10 bits per heavy atom. The number of likely N-dealkylation sites (N-methyl/N-ethyl adjacent to an activating group) is 1. The third kappa shape index (κ3) is 5.25. The number of aromatic nitrogens is 2. The number of hydrogen-bond donors (Lipinski definition) is 3. The van der Waals surface area contributed by atoms with Gasteiger partial charge in [-0.05, 0) is 26.8 Å². The average Bonchev–Trinajstić information content (AvgIpc) is 2.84. The predicted molar refractivity (Wildman–Crippen MR) is 76.7 cm³/mol. The minimum absolute atomic E-state index is 0.103. The molecule has 0 fully saturated rings. The molecule has 0 atom stereocenters. The van der Waals surface area contributed by atoms with Crippen molar-refractivity contribution >= 4 is 17.7 Å². The molecule has 0 aromatic carbocycles.